The van der Waals surface area contributed by atoms with Crippen LogP contribution in [0.25, 0.3) is 0 Å². The second kappa shape index (κ2) is 8.01. The van der Waals surface area contributed by atoms with E-state index in [1.54, 1.807) is 12.1 Å². The Labute approximate surface area is 151 Å². The van der Waals surface area contributed by atoms with Gasteiger partial charge in [0.2, 0.25) is 0 Å². The Morgan fingerprint density at radius 1 is 1.12 bits per heavy atom. The predicted octanol–water partition coefficient (Wildman–Crippen LogP) is 2.57. The first-order chi connectivity index (χ1) is 12.5. The fraction of sp³-hybridized carbons (Fsp3) is 0.389. The molecule has 2 aromatic rings. The summed E-state index contributed by atoms with van der Waals surface area (Å²) in [6.45, 7) is 5.66. The number of hydrogen-bond donors (Lipinski definition) is 0. The lowest BCUT2D eigenvalue weighted by Crippen LogP contribution is -2.45. The third-order valence-corrected chi connectivity index (χ3v) is 4.31. The van der Waals surface area contributed by atoms with Crippen LogP contribution in [0.15, 0.2) is 40.8 Å². The molecule has 1 aliphatic rings. The summed E-state index contributed by atoms with van der Waals surface area (Å²) in [4.78, 5) is 25.7. The van der Waals surface area contributed by atoms with Crippen molar-refractivity contribution in [1.29, 1.82) is 0 Å². The van der Waals surface area contributed by atoms with E-state index in [1.165, 1.54) is 19.1 Å². The minimum absolute atomic E-state index is 0.106. The Kier molecular flexibility index (Phi) is 5.52. The van der Waals surface area contributed by atoms with E-state index in [0.717, 1.165) is 37.6 Å². The van der Waals surface area contributed by atoms with Crippen LogP contribution < -0.4 is 4.90 Å². The Morgan fingerprint density at radius 3 is 2.38 bits per heavy atom. The highest BCUT2D eigenvalue weighted by molar-refractivity contribution is 5.65. The minimum Gasteiger partial charge on any atom is -0.461 e. The summed E-state index contributed by atoms with van der Waals surface area (Å²) in [5.74, 6) is 1.15. The van der Waals surface area contributed by atoms with Gasteiger partial charge in [-0.3, -0.25) is 19.8 Å². The van der Waals surface area contributed by atoms with Crippen molar-refractivity contribution < 1.29 is 18.9 Å². The number of nitro groups is 1. The molecule has 0 unspecified atom stereocenters. The zero-order valence-corrected chi connectivity index (χ0v) is 14.6. The van der Waals surface area contributed by atoms with Crippen LogP contribution in [0.4, 0.5) is 11.4 Å². The Hall–Kier alpha value is -2.87. The van der Waals surface area contributed by atoms with E-state index in [0.29, 0.717) is 12.3 Å². The summed E-state index contributed by atoms with van der Waals surface area (Å²) in [5, 5.41) is 10.7. The fourth-order valence-electron chi connectivity index (χ4n) is 2.93. The normalized spacial score (nSPS) is 15.0. The molecule has 138 valence electrons. The largest absolute Gasteiger partial charge is 0.461 e. The van der Waals surface area contributed by atoms with E-state index in [2.05, 4.69) is 9.80 Å². The number of esters is 1. The first-order valence-electron chi connectivity index (χ1n) is 8.44. The van der Waals surface area contributed by atoms with Crippen molar-refractivity contribution in [1.82, 2.24) is 4.90 Å². The maximum atomic E-state index is 10.8. The molecule has 0 amide bonds. The smallest absolute Gasteiger partial charge is 0.303 e. The van der Waals surface area contributed by atoms with Gasteiger partial charge in [-0.05, 0) is 24.3 Å². The quantitative estimate of drug-likeness (QED) is 0.445. The average molecular weight is 359 g/mol. The molecule has 0 atom stereocenters. The first-order valence-corrected chi connectivity index (χ1v) is 8.44. The van der Waals surface area contributed by atoms with Crippen LogP contribution in [0, 0.1) is 10.1 Å². The van der Waals surface area contributed by atoms with Crippen molar-refractivity contribution >= 4 is 17.3 Å². The molecule has 1 aromatic carbocycles. The Morgan fingerprint density at radius 2 is 1.77 bits per heavy atom. The monoisotopic (exact) mass is 359 g/mol. The van der Waals surface area contributed by atoms with Crippen LogP contribution in [0.3, 0.4) is 0 Å². The van der Waals surface area contributed by atoms with E-state index >= 15 is 0 Å². The van der Waals surface area contributed by atoms with Crippen LogP contribution in [0.1, 0.15) is 18.4 Å². The molecule has 8 heteroatoms. The summed E-state index contributed by atoms with van der Waals surface area (Å²) >= 11 is 0. The molecule has 1 aliphatic heterocycles. The first kappa shape index (κ1) is 17.9. The number of benzene rings is 1. The fourth-order valence-corrected chi connectivity index (χ4v) is 2.93. The van der Waals surface area contributed by atoms with Gasteiger partial charge in [0, 0.05) is 50.9 Å². The maximum Gasteiger partial charge on any atom is 0.303 e. The molecule has 0 aliphatic carbocycles. The molecule has 2 heterocycles. The molecule has 26 heavy (non-hydrogen) atoms. The highest BCUT2D eigenvalue weighted by Crippen LogP contribution is 2.21. The zero-order valence-electron chi connectivity index (χ0n) is 14.6. The van der Waals surface area contributed by atoms with E-state index in [1.807, 2.05) is 12.1 Å². The minimum atomic E-state index is -0.388. The van der Waals surface area contributed by atoms with Crippen LogP contribution in [-0.2, 0) is 22.7 Å². The zero-order chi connectivity index (χ0) is 18.5. The lowest BCUT2D eigenvalue weighted by molar-refractivity contribution is -0.384. The number of hydrogen-bond acceptors (Lipinski definition) is 7. The van der Waals surface area contributed by atoms with E-state index < -0.39 is 0 Å². The van der Waals surface area contributed by atoms with Crippen LogP contribution >= 0.6 is 0 Å². The molecular weight excluding hydrogens is 338 g/mol. The van der Waals surface area contributed by atoms with Crippen LogP contribution in [-0.4, -0.2) is 42.0 Å². The molecule has 0 radical (unpaired) electrons. The predicted molar refractivity (Wildman–Crippen MR) is 94.8 cm³/mol. The van der Waals surface area contributed by atoms with Crippen molar-refractivity contribution in [3.63, 3.8) is 0 Å². The van der Waals surface area contributed by atoms with Crippen molar-refractivity contribution in [2.45, 2.75) is 20.1 Å². The highest BCUT2D eigenvalue weighted by atomic mass is 16.6. The summed E-state index contributed by atoms with van der Waals surface area (Å²) in [6, 6.07) is 10.4. The molecule has 1 saturated heterocycles. The van der Waals surface area contributed by atoms with Gasteiger partial charge >= 0.3 is 5.97 Å². The van der Waals surface area contributed by atoms with Gasteiger partial charge in [-0.25, -0.2) is 0 Å². The lowest BCUT2D eigenvalue weighted by Gasteiger charge is -2.35. The standard InChI is InChI=1S/C18H21N3O5/c1-14(22)25-13-18-7-6-17(26-18)12-19-8-10-20(11-9-19)15-2-4-16(5-3-15)21(23)24/h2-7H,8-13H2,1H3. The summed E-state index contributed by atoms with van der Waals surface area (Å²) in [5.41, 5.74) is 1.10. The van der Waals surface area contributed by atoms with E-state index in [9.17, 15) is 14.9 Å². The number of nitro benzene ring substituents is 1. The molecule has 0 spiro atoms. The summed E-state index contributed by atoms with van der Waals surface area (Å²) in [6.07, 6.45) is 0. The second-order valence-corrected chi connectivity index (χ2v) is 6.18. The SMILES string of the molecule is CC(=O)OCc1ccc(CN2CCN(c3ccc([N+](=O)[O-])cc3)CC2)o1. The molecule has 1 fully saturated rings. The van der Waals surface area contributed by atoms with Gasteiger partial charge in [-0.1, -0.05) is 0 Å². The van der Waals surface area contributed by atoms with Gasteiger partial charge in [-0.2, -0.15) is 0 Å². The third-order valence-electron chi connectivity index (χ3n) is 4.31. The molecule has 8 nitrogen and oxygen atoms in total. The van der Waals surface area contributed by atoms with Crippen molar-refractivity contribution in [3.8, 4) is 0 Å². The number of piperazine rings is 1. The van der Waals surface area contributed by atoms with Gasteiger partial charge in [0.05, 0.1) is 11.5 Å². The van der Waals surface area contributed by atoms with Gasteiger partial charge < -0.3 is 14.1 Å². The van der Waals surface area contributed by atoms with E-state index in [4.69, 9.17) is 9.15 Å². The van der Waals surface area contributed by atoms with Crippen LogP contribution in [0.2, 0.25) is 0 Å². The maximum absolute atomic E-state index is 10.8. The van der Waals surface area contributed by atoms with Crippen molar-refractivity contribution in [2.24, 2.45) is 0 Å². The van der Waals surface area contributed by atoms with Gasteiger partial charge in [0.15, 0.2) is 0 Å². The molecule has 0 N–H and O–H groups in total. The number of carbonyl (C=O) groups is 1. The summed E-state index contributed by atoms with van der Waals surface area (Å²) in [7, 11) is 0. The number of nitrogens with zero attached hydrogens (tertiary/aromatic N) is 3. The van der Waals surface area contributed by atoms with Gasteiger partial charge in [0.25, 0.3) is 5.69 Å². The molecule has 1 aromatic heterocycles. The molecule has 0 bridgehead atoms. The Bertz CT molecular complexity index is 763. The number of rotatable bonds is 6. The molecule has 3 rings (SSSR count). The Balaban J connectivity index is 1.49. The van der Waals surface area contributed by atoms with Gasteiger partial charge in [0.1, 0.15) is 18.1 Å². The van der Waals surface area contributed by atoms with Gasteiger partial charge in [-0.15, -0.1) is 0 Å². The second-order valence-electron chi connectivity index (χ2n) is 6.18. The lowest BCUT2D eigenvalue weighted by atomic mass is 10.2. The number of furan rings is 1. The number of ether oxygens (including phenoxy) is 1. The highest BCUT2D eigenvalue weighted by Gasteiger charge is 2.19. The molecule has 0 saturated carbocycles. The van der Waals surface area contributed by atoms with Crippen molar-refractivity contribution in [3.05, 3.63) is 58.0 Å². The summed E-state index contributed by atoms with van der Waals surface area (Å²) < 4.78 is 10.6. The van der Waals surface area contributed by atoms with Crippen LogP contribution in [0.5, 0.6) is 0 Å². The number of carbonyl (C=O) groups excluding carboxylic acids is 1. The van der Waals surface area contributed by atoms with E-state index in [-0.39, 0.29) is 23.2 Å². The topological polar surface area (TPSA) is 89.1 Å². The van der Waals surface area contributed by atoms with Crippen molar-refractivity contribution in [2.75, 3.05) is 31.1 Å². The number of anilines is 1. The number of non-ortho nitro benzene ring substituents is 1. The molecular formula is C18H21N3O5. The average Bonchev–Trinajstić information content (AvgIpc) is 3.08. The third kappa shape index (κ3) is 4.60.